The lowest BCUT2D eigenvalue weighted by atomic mass is 9.89. The van der Waals surface area contributed by atoms with Crippen LogP contribution in [0, 0.1) is 0 Å². The van der Waals surface area contributed by atoms with Crippen molar-refractivity contribution in [1.82, 2.24) is 9.97 Å². The van der Waals surface area contributed by atoms with Crippen molar-refractivity contribution in [2.45, 2.75) is 19.3 Å². The second-order valence-corrected chi connectivity index (χ2v) is 4.70. The van der Waals surface area contributed by atoms with Crippen LogP contribution in [0.1, 0.15) is 19.5 Å². The molecule has 0 aliphatic carbocycles. The van der Waals surface area contributed by atoms with Gasteiger partial charge in [-0.25, -0.2) is 9.97 Å². The van der Waals surface area contributed by atoms with Gasteiger partial charge in [-0.3, -0.25) is 4.79 Å². The van der Waals surface area contributed by atoms with E-state index in [1.54, 1.807) is 13.8 Å². The van der Waals surface area contributed by atoms with Gasteiger partial charge in [0, 0.05) is 0 Å². The van der Waals surface area contributed by atoms with Gasteiger partial charge in [-0.2, -0.15) is 0 Å². The summed E-state index contributed by atoms with van der Waals surface area (Å²) in [5, 5.41) is 11.0. The first kappa shape index (κ1) is 10.0. The monoisotopic (exact) mass is 222 g/mol. The maximum Gasteiger partial charge on any atom is 0.315 e. The standard InChI is InChI=1S/C10H10N2O2S/c1-10(2,9(13)14)8-7-6(3-4-15-7)11-5-12-8/h3-5H,1-2H3,(H,13,14). The van der Waals surface area contributed by atoms with E-state index >= 15 is 0 Å². The fourth-order valence-electron chi connectivity index (χ4n) is 1.34. The van der Waals surface area contributed by atoms with E-state index in [2.05, 4.69) is 9.97 Å². The molecule has 2 aromatic heterocycles. The van der Waals surface area contributed by atoms with Crippen LogP contribution in [0.4, 0.5) is 0 Å². The molecule has 1 N–H and O–H groups in total. The van der Waals surface area contributed by atoms with Gasteiger partial charge in [0.15, 0.2) is 0 Å². The molecule has 0 aliphatic rings. The summed E-state index contributed by atoms with van der Waals surface area (Å²) < 4.78 is 0.852. The molecule has 0 radical (unpaired) electrons. The highest BCUT2D eigenvalue weighted by Crippen LogP contribution is 2.30. The molecular formula is C10H10N2O2S. The number of aromatic nitrogens is 2. The van der Waals surface area contributed by atoms with Crippen LogP contribution in [0.5, 0.6) is 0 Å². The van der Waals surface area contributed by atoms with Gasteiger partial charge in [0.1, 0.15) is 11.7 Å². The van der Waals surface area contributed by atoms with Crippen LogP contribution in [0.3, 0.4) is 0 Å². The Morgan fingerprint density at radius 2 is 2.20 bits per heavy atom. The molecule has 0 unspecified atom stereocenters. The number of rotatable bonds is 2. The molecule has 5 heteroatoms. The zero-order valence-electron chi connectivity index (χ0n) is 8.39. The smallest absolute Gasteiger partial charge is 0.315 e. The highest BCUT2D eigenvalue weighted by molar-refractivity contribution is 7.17. The molecule has 0 atom stereocenters. The minimum atomic E-state index is -0.980. The lowest BCUT2D eigenvalue weighted by Crippen LogP contribution is -2.29. The van der Waals surface area contributed by atoms with Gasteiger partial charge in [-0.15, -0.1) is 11.3 Å². The molecule has 0 fully saturated rings. The van der Waals surface area contributed by atoms with Crippen LogP contribution >= 0.6 is 11.3 Å². The van der Waals surface area contributed by atoms with Crippen molar-refractivity contribution in [2.24, 2.45) is 0 Å². The zero-order valence-corrected chi connectivity index (χ0v) is 9.21. The molecule has 0 spiro atoms. The molecule has 0 saturated carbocycles. The first-order chi connectivity index (χ1) is 7.03. The Morgan fingerprint density at radius 1 is 1.47 bits per heavy atom. The van der Waals surface area contributed by atoms with E-state index in [-0.39, 0.29) is 0 Å². The highest BCUT2D eigenvalue weighted by atomic mass is 32.1. The Morgan fingerprint density at radius 3 is 2.87 bits per heavy atom. The molecule has 2 heterocycles. The highest BCUT2D eigenvalue weighted by Gasteiger charge is 2.33. The third-order valence-electron chi connectivity index (χ3n) is 2.37. The lowest BCUT2D eigenvalue weighted by Gasteiger charge is -2.18. The number of thiophene rings is 1. The van der Waals surface area contributed by atoms with Gasteiger partial charge < -0.3 is 5.11 Å². The fraction of sp³-hybridized carbons (Fsp3) is 0.300. The molecule has 2 rings (SSSR count). The van der Waals surface area contributed by atoms with Crippen molar-refractivity contribution >= 4 is 27.5 Å². The molecule has 4 nitrogen and oxygen atoms in total. The number of carbonyl (C=O) groups is 1. The van der Waals surface area contributed by atoms with Crippen LogP contribution in [0.15, 0.2) is 17.8 Å². The minimum absolute atomic E-state index is 0.579. The molecule has 78 valence electrons. The largest absolute Gasteiger partial charge is 0.481 e. The minimum Gasteiger partial charge on any atom is -0.481 e. The first-order valence-corrected chi connectivity index (χ1v) is 5.33. The first-order valence-electron chi connectivity index (χ1n) is 4.45. The summed E-state index contributed by atoms with van der Waals surface area (Å²) in [7, 11) is 0. The van der Waals surface area contributed by atoms with Crippen LogP contribution < -0.4 is 0 Å². The predicted octanol–water partition coefficient (Wildman–Crippen LogP) is 2.05. The van der Waals surface area contributed by atoms with Crippen molar-refractivity contribution in [1.29, 1.82) is 0 Å². The number of hydrogen-bond acceptors (Lipinski definition) is 4. The van der Waals surface area contributed by atoms with Crippen molar-refractivity contribution in [2.75, 3.05) is 0 Å². The zero-order chi connectivity index (χ0) is 11.1. The van der Waals surface area contributed by atoms with Gasteiger partial charge in [-0.1, -0.05) is 0 Å². The number of hydrogen-bond donors (Lipinski definition) is 1. The molecule has 2 aromatic rings. The summed E-state index contributed by atoms with van der Waals surface area (Å²) in [4.78, 5) is 19.3. The predicted molar refractivity (Wildman–Crippen MR) is 58.1 cm³/mol. The Bertz CT molecular complexity index is 519. The van der Waals surface area contributed by atoms with E-state index in [1.165, 1.54) is 17.7 Å². The summed E-state index contributed by atoms with van der Waals surface area (Å²) in [6.07, 6.45) is 1.41. The van der Waals surface area contributed by atoms with E-state index in [0.717, 1.165) is 10.2 Å². The average Bonchev–Trinajstić information content (AvgIpc) is 2.64. The summed E-state index contributed by atoms with van der Waals surface area (Å²) in [6.45, 7) is 3.30. The maximum absolute atomic E-state index is 11.1. The van der Waals surface area contributed by atoms with E-state index in [9.17, 15) is 4.79 Å². The van der Waals surface area contributed by atoms with Gasteiger partial charge in [-0.05, 0) is 25.3 Å². The van der Waals surface area contributed by atoms with Crippen molar-refractivity contribution in [3.8, 4) is 0 Å². The van der Waals surface area contributed by atoms with Gasteiger partial charge in [0.25, 0.3) is 0 Å². The molecule has 0 saturated heterocycles. The normalized spacial score (nSPS) is 11.9. The summed E-state index contributed by atoms with van der Waals surface area (Å²) >= 11 is 1.47. The van der Waals surface area contributed by atoms with E-state index < -0.39 is 11.4 Å². The number of carboxylic acids is 1. The second-order valence-electron chi connectivity index (χ2n) is 3.79. The lowest BCUT2D eigenvalue weighted by molar-refractivity contribution is -0.142. The van der Waals surface area contributed by atoms with Gasteiger partial charge in [0.2, 0.25) is 0 Å². The van der Waals surface area contributed by atoms with Crippen molar-refractivity contribution in [3.63, 3.8) is 0 Å². The fourth-order valence-corrected chi connectivity index (χ4v) is 2.33. The van der Waals surface area contributed by atoms with Crippen molar-refractivity contribution < 1.29 is 9.90 Å². The molecule has 0 amide bonds. The molecule has 0 aromatic carbocycles. The van der Waals surface area contributed by atoms with Crippen LogP contribution in [-0.4, -0.2) is 21.0 Å². The third kappa shape index (κ3) is 1.48. The molecule has 15 heavy (non-hydrogen) atoms. The SMILES string of the molecule is CC(C)(C(=O)O)c1ncnc2ccsc12. The summed E-state index contributed by atoms with van der Waals surface area (Å²) in [5.41, 5.74) is 0.404. The Balaban J connectivity index is 2.71. The third-order valence-corrected chi connectivity index (χ3v) is 3.28. The van der Waals surface area contributed by atoms with Crippen LogP contribution in [-0.2, 0) is 10.2 Å². The van der Waals surface area contributed by atoms with Crippen molar-refractivity contribution in [3.05, 3.63) is 23.5 Å². The number of fused-ring (bicyclic) bond motifs is 1. The Labute approximate surface area is 90.6 Å². The quantitative estimate of drug-likeness (QED) is 0.844. The topological polar surface area (TPSA) is 63.1 Å². The average molecular weight is 222 g/mol. The van der Waals surface area contributed by atoms with E-state index in [1.807, 2.05) is 11.4 Å². The van der Waals surface area contributed by atoms with Crippen LogP contribution in [0.2, 0.25) is 0 Å². The van der Waals surface area contributed by atoms with Gasteiger partial charge >= 0.3 is 5.97 Å². The number of carboxylic acid groups (broad SMARTS) is 1. The van der Waals surface area contributed by atoms with E-state index in [0.29, 0.717) is 5.69 Å². The Kier molecular flexibility index (Phi) is 2.19. The van der Waals surface area contributed by atoms with E-state index in [4.69, 9.17) is 5.11 Å². The number of aliphatic carboxylic acids is 1. The maximum atomic E-state index is 11.1. The summed E-state index contributed by atoms with van der Waals surface area (Å²) in [5.74, 6) is -0.879. The molecule has 0 aliphatic heterocycles. The number of nitrogens with zero attached hydrogens (tertiary/aromatic N) is 2. The molecular weight excluding hydrogens is 212 g/mol. The van der Waals surface area contributed by atoms with Crippen LogP contribution in [0.25, 0.3) is 10.2 Å². The molecule has 0 bridgehead atoms. The Hall–Kier alpha value is -1.49. The summed E-state index contributed by atoms with van der Waals surface area (Å²) in [6, 6.07) is 1.86. The van der Waals surface area contributed by atoms with Gasteiger partial charge in [0.05, 0.1) is 15.9 Å². The second kappa shape index (κ2) is 3.27.